The van der Waals surface area contributed by atoms with E-state index in [2.05, 4.69) is 0 Å². The molecule has 1 fully saturated rings. The minimum atomic E-state index is -0.940. The van der Waals surface area contributed by atoms with Gasteiger partial charge in [-0.15, -0.1) is 35.3 Å². The van der Waals surface area contributed by atoms with Crippen molar-refractivity contribution < 1.29 is 9.90 Å². The summed E-state index contributed by atoms with van der Waals surface area (Å²) in [6.07, 6.45) is 0. The minimum absolute atomic E-state index is 0.328. The highest BCUT2D eigenvalue weighted by Crippen LogP contribution is 2.35. The van der Waals surface area contributed by atoms with Crippen molar-refractivity contribution in [1.82, 2.24) is 0 Å². The molecule has 0 amide bonds. The standard InChI is InChI=1S/C4H5O2S3/c5-3(6)4-8-1-7-2-9-4/h4H,1-2H2. The van der Waals surface area contributed by atoms with Crippen LogP contribution in [-0.4, -0.2) is 20.7 Å². The third-order valence-corrected chi connectivity index (χ3v) is 5.03. The van der Waals surface area contributed by atoms with Gasteiger partial charge in [0.25, 0.3) is 0 Å². The Bertz CT molecular complexity index is 110. The van der Waals surface area contributed by atoms with E-state index >= 15 is 0 Å². The Kier molecular flexibility index (Phi) is 3.08. The van der Waals surface area contributed by atoms with Crippen molar-refractivity contribution >= 4 is 41.3 Å². The van der Waals surface area contributed by atoms with Gasteiger partial charge in [-0.05, 0) is 0 Å². The molecule has 0 aromatic heterocycles. The van der Waals surface area contributed by atoms with Crippen LogP contribution in [0.15, 0.2) is 0 Å². The van der Waals surface area contributed by atoms with Crippen LogP contribution in [0.25, 0.3) is 0 Å². The van der Waals surface area contributed by atoms with Crippen LogP contribution in [0.1, 0.15) is 0 Å². The molecule has 0 aromatic carbocycles. The van der Waals surface area contributed by atoms with Crippen molar-refractivity contribution in [3.05, 3.63) is 0 Å². The molecule has 5 heteroatoms. The van der Waals surface area contributed by atoms with Crippen molar-refractivity contribution in [3.8, 4) is 0 Å². The van der Waals surface area contributed by atoms with E-state index in [1.807, 2.05) is 0 Å². The Labute approximate surface area is 66.2 Å². The van der Waals surface area contributed by atoms with Gasteiger partial charge < -0.3 is 0 Å². The molecule has 0 aliphatic carbocycles. The van der Waals surface area contributed by atoms with Crippen LogP contribution in [0.2, 0.25) is 0 Å². The second-order valence-electron chi connectivity index (χ2n) is 1.42. The predicted molar refractivity (Wildman–Crippen MR) is 42.0 cm³/mol. The van der Waals surface area contributed by atoms with Gasteiger partial charge in [0.2, 0.25) is 0 Å². The summed E-state index contributed by atoms with van der Waals surface area (Å²) < 4.78 is -0.328. The number of carbonyl (C=O) groups excluding carboxylic acids is 1. The maximum Gasteiger partial charge on any atom is 0.378 e. The van der Waals surface area contributed by atoms with E-state index in [9.17, 15) is 9.90 Å². The van der Waals surface area contributed by atoms with Crippen LogP contribution in [0.5, 0.6) is 0 Å². The number of hydrogen-bond donors (Lipinski definition) is 0. The molecular formula is C4H5O2S3. The maximum absolute atomic E-state index is 10.2. The van der Waals surface area contributed by atoms with Crippen LogP contribution in [0, 0.1) is 0 Å². The summed E-state index contributed by atoms with van der Waals surface area (Å²) in [4.78, 5) is 10.2. The lowest BCUT2D eigenvalue weighted by molar-refractivity contribution is -0.140. The van der Waals surface area contributed by atoms with Crippen LogP contribution in [0.3, 0.4) is 0 Å². The molecule has 0 aromatic rings. The van der Waals surface area contributed by atoms with Crippen molar-refractivity contribution in [2.45, 2.75) is 4.58 Å². The van der Waals surface area contributed by atoms with Gasteiger partial charge in [0.15, 0.2) is 4.58 Å². The zero-order valence-corrected chi connectivity index (χ0v) is 6.98. The highest BCUT2D eigenvalue weighted by atomic mass is 32.3. The molecule has 0 N–H and O–H groups in total. The monoisotopic (exact) mass is 181 g/mol. The largest absolute Gasteiger partial charge is 0.378 e. The zero-order valence-electron chi connectivity index (χ0n) is 4.53. The molecule has 1 saturated heterocycles. The molecule has 9 heavy (non-hydrogen) atoms. The van der Waals surface area contributed by atoms with Gasteiger partial charge in [-0.1, -0.05) is 0 Å². The first kappa shape index (κ1) is 7.63. The molecule has 1 radical (unpaired) electrons. The summed E-state index contributed by atoms with van der Waals surface area (Å²) >= 11 is 4.62. The third kappa shape index (κ3) is 2.31. The number of carbonyl (C=O) groups is 1. The van der Waals surface area contributed by atoms with Gasteiger partial charge in [0.1, 0.15) is 0 Å². The van der Waals surface area contributed by atoms with E-state index in [0.29, 0.717) is 0 Å². The van der Waals surface area contributed by atoms with E-state index in [4.69, 9.17) is 0 Å². The first-order chi connectivity index (χ1) is 4.30. The van der Waals surface area contributed by atoms with E-state index in [-0.39, 0.29) is 4.58 Å². The second kappa shape index (κ2) is 3.63. The summed E-state index contributed by atoms with van der Waals surface area (Å²) in [6, 6.07) is 0. The molecular weight excluding hydrogens is 176 g/mol. The Morgan fingerprint density at radius 3 is 2.22 bits per heavy atom. The first-order valence-electron chi connectivity index (χ1n) is 2.32. The van der Waals surface area contributed by atoms with Gasteiger partial charge in [0.05, 0.1) is 0 Å². The fraction of sp³-hybridized carbons (Fsp3) is 0.750. The summed E-state index contributed by atoms with van der Waals surface area (Å²) in [6.45, 7) is 0. The van der Waals surface area contributed by atoms with Crippen LogP contribution in [-0.2, 0) is 9.90 Å². The first-order valence-corrected chi connectivity index (χ1v) is 5.58. The molecule has 0 saturated carbocycles. The maximum atomic E-state index is 10.2. The lowest BCUT2D eigenvalue weighted by atomic mass is 10.8. The quantitative estimate of drug-likeness (QED) is 0.612. The number of thioether (sulfide) groups is 3. The average molecular weight is 181 g/mol. The van der Waals surface area contributed by atoms with E-state index < -0.39 is 5.97 Å². The fourth-order valence-corrected chi connectivity index (χ4v) is 4.74. The molecule has 0 bridgehead atoms. The molecule has 0 atom stereocenters. The normalized spacial score (nSPS) is 21.8. The summed E-state index contributed by atoms with van der Waals surface area (Å²) in [5.74, 6) is -0.940. The van der Waals surface area contributed by atoms with Gasteiger partial charge in [-0.3, -0.25) is 0 Å². The van der Waals surface area contributed by atoms with Crippen molar-refractivity contribution in [3.63, 3.8) is 0 Å². The fourth-order valence-electron chi connectivity index (χ4n) is 0.438. The average Bonchev–Trinajstić information content (AvgIpc) is 1.90. The highest BCUT2D eigenvalue weighted by Gasteiger charge is 2.22. The third-order valence-electron chi connectivity index (χ3n) is 0.798. The van der Waals surface area contributed by atoms with Crippen LogP contribution < -0.4 is 0 Å². The van der Waals surface area contributed by atoms with E-state index in [0.717, 1.165) is 10.2 Å². The van der Waals surface area contributed by atoms with Gasteiger partial charge in [-0.25, -0.2) is 9.90 Å². The molecule has 1 heterocycles. The lowest BCUT2D eigenvalue weighted by Gasteiger charge is -2.14. The zero-order chi connectivity index (χ0) is 6.69. The predicted octanol–water partition coefficient (Wildman–Crippen LogP) is 1.40. The van der Waals surface area contributed by atoms with Crippen LogP contribution in [0.4, 0.5) is 0 Å². The number of rotatable bonds is 1. The molecule has 51 valence electrons. The van der Waals surface area contributed by atoms with Crippen molar-refractivity contribution in [2.24, 2.45) is 0 Å². The van der Waals surface area contributed by atoms with Gasteiger partial charge in [-0.2, -0.15) is 0 Å². The van der Waals surface area contributed by atoms with Crippen LogP contribution >= 0.6 is 35.3 Å². The SMILES string of the molecule is [O]C(=O)C1SCSCS1. The second-order valence-corrected chi connectivity index (χ2v) is 5.63. The Balaban J connectivity index is 2.31. The van der Waals surface area contributed by atoms with E-state index in [1.54, 1.807) is 11.8 Å². The lowest BCUT2D eigenvalue weighted by Crippen LogP contribution is -2.13. The molecule has 1 aliphatic rings. The topological polar surface area (TPSA) is 37.0 Å². The minimum Gasteiger partial charge on any atom is -0.245 e. The van der Waals surface area contributed by atoms with E-state index in [1.165, 1.54) is 23.5 Å². The highest BCUT2D eigenvalue weighted by molar-refractivity contribution is 8.33. The summed E-state index contributed by atoms with van der Waals surface area (Å²) in [7, 11) is 0. The molecule has 1 rings (SSSR count). The van der Waals surface area contributed by atoms with Gasteiger partial charge in [0, 0.05) is 10.2 Å². The molecule has 1 aliphatic heterocycles. The Morgan fingerprint density at radius 2 is 1.89 bits per heavy atom. The summed E-state index contributed by atoms with van der Waals surface area (Å²) in [5.41, 5.74) is 0. The van der Waals surface area contributed by atoms with Crippen molar-refractivity contribution in [2.75, 3.05) is 10.2 Å². The van der Waals surface area contributed by atoms with Gasteiger partial charge >= 0.3 is 5.97 Å². The molecule has 2 nitrogen and oxygen atoms in total. The summed E-state index contributed by atoms with van der Waals surface area (Å²) in [5, 5.41) is 12.0. The van der Waals surface area contributed by atoms with Crippen molar-refractivity contribution in [1.29, 1.82) is 0 Å². The smallest absolute Gasteiger partial charge is 0.245 e. The number of hydrogen-bond acceptors (Lipinski definition) is 4. The molecule has 0 spiro atoms. The Morgan fingerprint density at radius 1 is 1.33 bits per heavy atom. The Hall–Kier alpha value is 0.520. The molecule has 0 unspecified atom stereocenters.